The molecule has 0 radical (unpaired) electrons. The Morgan fingerprint density at radius 2 is 1.74 bits per heavy atom. The average molecular weight is 324 g/mol. The predicted octanol–water partition coefficient (Wildman–Crippen LogP) is 4.82. The van der Waals surface area contributed by atoms with Gasteiger partial charge in [-0.05, 0) is 23.8 Å². The number of rotatable bonds is 6. The Labute approximate surface area is 130 Å². The molecule has 0 amide bonds. The number of allylic oxidation sites excluding steroid dienone is 1. The number of ketones is 1. The van der Waals surface area contributed by atoms with Crippen LogP contribution in [0.4, 0.5) is 17.6 Å². The van der Waals surface area contributed by atoms with E-state index in [1.807, 2.05) is 6.07 Å². The molecule has 2 nitrogen and oxygen atoms in total. The number of halogens is 4. The van der Waals surface area contributed by atoms with Gasteiger partial charge in [0.25, 0.3) is 0 Å². The first-order chi connectivity index (χ1) is 10.9. The van der Waals surface area contributed by atoms with Crippen molar-refractivity contribution in [1.29, 1.82) is 0 Å². The van der Waals surface area contributed by atoms with Gasteiger partial charge in [-0.1, -0.05) is 48.5 Å². The Morgan fingerprint density at radius 3 is 2.39 bits per heavy atom. The van der Waals surface area contributed by atoms with Crippen LogP contribution in [0.25, 0.3) is 6.08 Å². The van der Waals surface area contributed by atoms with Crippen LogP contribution in [0, 0.1) is 0 Å². The molecule has 0 unspecified atom stereocenters. The highest BCUT2D eigenvalue weighted by molar-refractivity contribution is 6.07. The first-order valence-electron chi connectivity index (χ1n) is 6.61. The summed E-state index contributed by atoms with van der Waals surface area (Å²) in [5.74, 6) is -0.964. The third-order valence-electron chi connectivity index (χ3n) is 2.85. The second-order valence-electron chi connectivity index (χ2n) is 4.60. The number of hydrogen-bond donors (Lipinski definition) is 0. The van der Waals surface area contributed by atoms with E-state index in [4.69, 9.17) is 0 Å². The van der Waals surface area contributed by atoms with E-state index in [2.05, 4.69) is 4.74 Å². The lowest BCUT2D eigenvalue weighted by atomic mass is 10.1. The van der Waals surface area contributed by atoms with Crippen LogP contribution in [0.15, 0.2) is 60.7 Å². The minimum absolute atomic E-state index is 0.0553. The van der Waals surface area contributed by atoms with Gasteiger partial charge in [0, 0.05) is 5.56 Å². The van der Waals surface area contributed by atoms with E-state index >= 15 is 0 Å². The molecule has 0 spiro atoms. The molecule has 0 aromatic heterocycles. The minimum atomic E-state index is -4.61. The van der Waals surface area contributed by atoms with Gasteiger partial charge in [-0.2, -0.15) is 17.6 Å². The monoisotopic (exact) mass is 324 g/mol. The van der Waals surface area contributed by atoms with Crippen molar-refractivity contribution in [3.8, 4) is 5.75 Å². The largest absolute Gasteiger partial charge is 0.461 e. The van der Waals surface area contributed by atoms with E-state index < -0.39 is 24.1 Å². The third kappa shape index (κ3) is 4.67. The summed E-state index contributed by atoms with van der Waals surface area (Å²) in [7, 11) is 0. The highest BCUT2D eigenvalue weighted by Gasteiger charge is 2.44. The molecule has 0 bridgehead atoms. The summed E-state index contributed by atoms with van der Waals surface area (Å²) in [6.07, 6.45) is -5.75. The second-order valence-corrected chi connectivity index (χ2v) is 4.60. The van der Waals surface area contributed by atoms with Crippen molar-refractivity contribution in [2.75, 3.05) is 0 Å². The van der Waals surface area contributed by atoms with Crippen LogP contribution in [0.1, 0.15) is 15.9 Å². The van der Waals surface area contributed by atoms with Gasteiger partial charge in [-0.25, -0.2) is 0 Å². The lowest BCUT2D eigenvalue weighted by molar-refractivity contribution is -0.253. The molecule has 2 aromatic carbocycles. The Morgan fingerprint density at radius 1 is 1.04 bits per heavy atom. The molecule has 2 aromatic rings. The molecule has 0 aliphatic heterocycles. The molecule has 0 heterocycles. The Balaban J connectivity index is 2.13. The van der Waals surface area contributed by atoms with Gasteiger partial charge in [-0.15, -0.1) is 0 Å². The van der Waals surface area contributed by atoms with Crippen LogP contribution >= 0.6 is 0 Å². The molecule has 120 valence electrons. The van der Waals surface area contributed by atoms with Gasteiger partial charge >= 0.3 is 12.5 Å². The zero-order valence-electron chi connectivity index (χ0n) is 11.8. The molecule has 0 atom stereocenters. The zero-order chi connectivity index (χ0) is 16.9. The summed E-state index contributed by atoms with van der Waals surface area (Å²) < 4.78 is 53.9. The molecule has 0 saturated carbocycles. The highest BCUT2D eigenvalue weighted by Crippen LogP contribution is 2.28. The van der Waals surface area contributed by atoms with Crippen molar-refractivity contribution in [3.63, 3.8) is 0 Å². The van der Waals surface area contributed by atoms with Gasteiger partial charge in [0.2, 0.25) is 0 Å². The van der Waals surface area contributed by atoms with E-state index in [1.54, 1.807) is 30.3 Å². The molecule has 0 aliphatic rings. The van der Waals surface area contributed by atoms with Crippen molar-refractivity contribution in [2.45, 2.75) is 12.5 Å². The molecule has 0 fully saturated rings. The fourth-order valence-electron chi connectivity index (χ4n) is 1.75. The summed E-state index contributed by atoms with van der Waals surface area (Å²) >= 11 is 0. The van der Waals surface area contributed by atoms with E-state index in [0.717, 1.165) is 17.7 Å². The maximum atomic E-state index is 12.9. The molecular formula is C17H12F4O2. The van der Waals surface area contributed by atoms with Gasteiger partial charge < -0.3 is 4.74 Å². The zero-order valence-corrected chi connectivity index (χ0v) is 11.8. The second kappa shape index (κ2) is 7.09. The van der Waals surface area contributed by atoms with Crippen LogP contribution in [0.2, 0.25) is 0 Å². The quantitative estimate of drug-likeness (QED) is 0.433. The standard InChI is InChI=1S/C17H12F4O2/c18-16(19)17(20,21)23-14-8-4-7-13(11-14)15(22)10-9-12-5-2-1-3-6-12/h1-11,16H/b10-9+. The predicted molar refractivity (Wildman–Crippen MR) is 77.8 cm³/mol. The SMILES string of the molecule is O=C(/C=C/c1ccccc1)c1cccc(OC(F)(F)C(F)F)c1. The lowest BCUT2D eigenvalue weighted by Crippen LogP contribution is -2.33. The van der Waals surface area contributed by atoms with Crippen molar-refractivity contribution >= 4 is 11.9 Å². The molecular weight excluding hydrogens is 312 g/mol. The lowest BCUT2D eigenvalue weighted by Gasteiger charge is -2.16. The number of ether oxygens (including phenoxy) is 1. The number of carbonyl (C=O) groups excluding carboxylic acids is 1. The van der Waals surface area contributed by atoms with Crippen LogP contribution in [-0.4, -0.2) is 18.3 Å². The van der Waals surface area contributed by atoms with Crippen molar-refractivity contribution < 1.29 is 27.1 Å². The Hall–Kier alpha value is -2.63. The third-order valence-corrected chi connectivity index (χ3v) is 2.85. The van der Waals surface area contributed by atoms with Crippen molar-refractivity contribution in [1.82, 2.24) is 0 Å². The van der Waals surface area contributed by atoms with Gasteiger partial charge in [0.15, 0.2) is 5.78 Å². The first-order valence-corrected chi connectivity index (χ1v) is 6.61. The topological polar surface area (TPSA) is 26.3 Å². The Bertz CT molecular complexity index is 697. The van der Waals surface area contributed by atoms with Crippen molar-refractivity contribution in [3.05, 3.63) is 71.8 Å². The van der Waals surface area contributed by atoms with E-state index in [1.165, 1.54) is 18.2 Å². The molecule has 6 heteroatoms. The fourth-order valence-corrected chi connectivity index (χ4v) is 1.75. The smallest absolute Gasteiger partial charge is 0.428 e. The van der Waals surface area contributed by atoms with Gasteiger partial charge in [-0.3, -0.25) is 4.79 Å². The normalized spacial score (nSPS) is 11.9. The molecule has 0 saturated heterocycles. The van der Waals surface area contributed by atoms with Crippen LogP contribution in [-0.2, 0) is 0 Å². The summed E-state index contributed by atoms with van der Waals surface area (Å²) in [5.41, 5.74) is 0.845. The molecule has 0 aliphatic carbocycles. The molecule has 0 N–H and O–H groups in total. The average Bonchev–Trinajstić information content (AvgIpc) is 2.53. The summed E-state index contributed by atoms with van der Waals surface area (Å²) in [6, 6.07) is 13.7. The van der Waals surface area contributed by atoms with E-state index in [-0.39, 0.29) is 5.56 Å². The fraction of sp³-hybridized carbons (Fsp3) is 0.118. The Kier molecular flexibility index (Phi) is 5.16. The van der Waals surface area contributed by atoms with Crippen LogP contribution in [0.3, 0.4) is 0 Å². The maximum absolute atomic E-state index is 12.9. The van der Waals surface area contributed by atoms with Crippen molar-refractivity contribution in [2.24, 2.45) is 0 Å². The van der Waals surface area contributed by atoms with Gasteiger partial charge in [0.05, 0.1) is 0 Å². The summed E-state index contributed by atoms with van der Waals surface area (Å²) in [6.45, 7) is 0. The number of carbonyl (C=O) groups is 1. The summed E-state index contributed by atoms with van der Waals surface area (Å²) in [5, 5.41) is 0. The molecule has 23 heavy (non-hydrogen) atoms. The van der Waals surface area contributed by atoms with Gasteiger partial charge in [0.1, 0.15) is 5.75 Å². The van der Waals surface area contributed by atoms with Crippen LogP contribution in [0.5, 0.6) is 5.75 Å². The summed E-state index contributed by atoms with van der Waals surface area (Å²) in [4.78, 5) is 12.0. The maximum Gasteiger partial charge on any atom is 0.461 e. The van der Waals surface area contributed by atoms with E-state index in [9.17, 15) is 22.4 Å². The van der Waals surface area contributed by atoms with E-state index in [0.29, 0.717) is 0 Å². The number of hydrogen-bond acceptors (Lipinski definition) is 2. The van der Waals surface area contributed by atoms with Crippen LogP contribution < -0.4 is 4.74 Å². The first kappa shape index (κ1) is 16.7. The molecule has 2 rings (SSSR count). The highest BCUT2D eigenvalue weighted by atomic mass is 19.3. The minimum Gasteiger partial charge on any atom is -0.428 e. The number of alkyl halides is 4. The number of benzene rings is 2.